The summed E-state index contributed by atoms with van der Waals surface area (Å²) in [5.41, 5.74) is 0.835. The maximum Gasteiger partial charge on any atom is 0.338 e. The lowest BCUT2D eigenvalue weighted by Gasteiger charge is -2.08. The number of amides is 1. The first-order valence-corrected chi connectivity index (χ1v) is 8.35. The molecular weight excluding hydrogens is 360 g/mol. The number of fused-ring (bicyclic) bond motifs is 1. The van der Waals surface area contributed by atoms with Gasteiger partial charge in [-0.1, -0.05) is 36.4 Å². The van der Waals surface area contributed by atoms with Crippen molar-refractivity contribution in [3.8, 4) is 0 Å². The summed E-state index contributed by atoms with van der Waals surface area (Å²) in [6.45, 7) is 1.78. The summed E-state index contributed by atoms with van der Waals surface area (Å²) in [5.74, 6) is -1.89. The van der Waals surface area contributed by atoms with Crippen molar-refractivity contribution in [1.29, 1.82) is 0 Å². The van der Waals surface area contributed by atoms with Crippen molar-refractivity contribution in [2.45, 2.75) is 6.92 Å². The van der Waals surface area contributed by atoms with E-state index >= 15 is 0 Å². The molecule has 3 aromatic carbocycles. The number of nitro benzene ring substituents is 1. The molecule has 0 spiro atoms. The van der Waals surface area contributed by atoms with Gasteiger partial charge in [0, 0.05) is 18.2 Å². The van der Waals surface area contributed by atoms with Crippen molar-refractivity contribution in [3.05, 3.63) is 88.0 Å². The minimum absolute atomic E-state index is 0.00865. The van der Waals surface area contributed by atoms with Gasteiger partial charge >= 0.3 is 5.97 Å². The van der Waals surface area contributed by atoms with Crippen molar-refractivity contribution in [2.24, 2.45) is 0 Å². The first-order valence-electron chi connectivity index (χ1n) is 8.35. The number of carboxylic acid groups (broad SMARTS) is 1. The summed E-state index contributed by atoms with van der Waals surface area (Å²) in [4.78, 5) is 33.8. The van der Waals surface area contributed by atoms with Gasteiger partial charge in [0.25, 0.3) is 5.69 Å². The third kappa shape index (κ3) is 4.04. The molecule has 0 radical (unpaired) electrons. The average molecular weight is 376 g/mol. The summed E-state index contributed by atoms with van der Waals surface area (Å²) >= 11 is 0. The Morgan fingerprint density at radius 2 is 1.75 bits per heavy atom. The molecule has 1 amide bonds. The molecule has 0 unspecified atom stereocenters. The molecule has 0 aromatic heterocycles. The number of hydrogen-bond donors (Lipinski definition) is 2. The number of nitrogens with zero attached hydrogens (tertiary/aromatic N) is 1. The SMILES string of the molecule is C/C(=C/C(=O)Nc1ccc([N+](=O)[O-])cc1C(=O)O)c1ccc2ccccc2c1. The highest BCUT2D eigenvalue weighted by Gasteiger charge is 2.17. The normalized spacial score (nSPS) is 11.2. The molecule has 0 saturated carbocycles. The number of benzene rings is 3. The highest BCUT2D eigenvalue weighted by Crippen LogP contribution is 2.24. The zero-order valence-corrected chi connectivity index (χ0v) is 14.9. The van der Waals surface area contributed by atoms with Crippen LogP contribution in [0.2, 0.25) is 0 Å². The predicted molar refractivity (Wildman–Crippen MR) is 106 cm³/mol. The molecule has 2 N–H and O–H groups in total. The van der Waals surface area contributed by atoms with Crippen LogP contribution in [0.4, 0.5) is 11.4 Å². The number of carboxylic acids is 1. The van der Waals surface area contributed by atoms with E-state index in [-0.39, 0.29) is 16.9 Å². The molecule has 7 nitrogen and oxygen atoms in total. The Balaban J connectivity index is 1.86. The smallest absolute Gasteiger partial charge is 0.338 e. The lowest BCUT2D eigenvalue weighted by molar-refractivity contribution is -0.384. The van der Waals surface area contributed by atoms with Crippen LogP contribution in [0.3, 0.4) is 0 Å². The molecule has 0 fully saturated rings. The van der Waals surface area contributed by atoms with Gasteiger partial charge in [-0.3, -0.25) is 14.9 Å². The maximum absolute atomic E-state index is 12.3. The van der Waals surface area contributed by atoms with Crippen LogP contribution in [0.15, 0.2) is 66.7 Å². The molecule has 0 atom stereocenters. The minimum Gasteiger partial charge on any atom is -0.478 e. The highest BCUT2D eigenvalue weighted by atomic mass is 16.6. The number of allylic oxidation sites excluding steroid dienone is 1. The fourth-order valence-corrected chi connectivity index (χ4v) is 2.82. The number of carbonyl (C=O) groups excluding carboxylic acids is 1. The van der Waals surface area contributed by atoms with Crippen molar-refractivity contribution in [1.82, 2.24) is 0 Å². The first kappa shape index (κ1) is 18.8. The Labute approximate surface area is 160 Å². The van der Waals surface area contributed by atoms with Gasteiger partial charge in [-0.15, -0.1) is 0 Å². The first-order chi connectivity index (χ1) is 13.3. The van der Waals surface area contributed by atoms with Gasteiger partial charge in [-0.2, -0.15) is 0 Å². The van der Waals surface area contributed by atoms with Crippen LogP contribution in [0, 0.1) is 10.1 Å². The molecule has 0 aliphatic rings. The molecular formula is C21H16N2O5. The largest absolute Gasteiger partial charge is 0.478 e. The molecule has 0 aliphatic carbocycles. The van der Waals surface area contributed by atoms with E-state index in [0.717, 1.165) is 28.5 Å². The summed E-state index contributed by atoms with van der Waals surface area (Å²) in [6.07, 6.45) is 1.36. The van der Waals surface area contributed by atoms with E-state index in [4.69, 9.17) is 0 Å². The Morgan fingerprint density at radius 1 is 1.04 bits per heavy atom. The van der Waals surface area contributed by atoms with Gasteiger partial charge in [0.1, 0.15) is 0 Å². The molecule has 0 saturated heterocycles. The van der Waals surface area contributed by atoms with Gasteiger partial charge < -0.3 is 10.4 Å². The predicted octanol–water partition coefficient (Wildman–Crippen LogP) is 4.49. The average Bonchev–Trinajstić information content (AvgIpc) is 2.67. The number of nitrogens with one attached hydrogen (secondary N) is 1. The Morgan fingerprint density at radius 3 is 2.43 bits per heavy atom. The number of carbonyl (C=O) groups is 2. The van der Waals surface area contributed by atoms with Crippen LogP contribution in [0.5, 0.6) is 0 Å². The zero-order valence-electron chi connectivity index (χ0n) is 14.9. The van der Waals surface area contributed by atoms with Crippen LogP contribution in [-0.2, 0) is 4.79 Å². The maximum atomic E-state index is 12.3. The van der Waals surface area contributed by atoms with Crippen LogP contribution in [0.1, 0.15) is 22.8 Å². The summed E-state index contributed by atoms with van der Waals surface area (Å²) < 4.78 is 0. The second-order valence-corrected chi connectivity index (χ2v) is 6.17. The van der Waals surface area contributed by atoms with Crippen molar-refractivity contribution in [3.63, 3.8) is 0 Å². The van der Waals surface area contributed by atoms with Gasteiger partial charge in [-0.25, -0.2) is 4.79 Å². The summed E-state index contributed by atoms with van der Waals surface area (Å²) in [5, 5.41) is 24.7. The Kier molecular flexibility index (Phi) is 5.17. The minimum atomic E-state index is -1.37. The number of aromatic carboxylic acids is 1. The van der Waals surface area contributed by atoms with Crippen molar-refractivity contribution < 1.29 is 19.6 Å². The van der Waals surface area contributed by atoms with E-state index in [1.807, 2.05) is 42.5 Å². The fourth-order valence-electron chi connectivity index (χ4n) is 2.82. The van der Waals surface area contributed by atoms with E-state index < -0.39 is 16.8 Å². The standard InChI is InChI=1S/C21H16N2O5/c1-13(15-7-6-14-4-2-3-5-16(14)11-15)10-20(24)22-19-9-8-17(23(27)28)12-18(19)21(25)26/h2-12H,1H3,(H,22,24)(H,25,26)/b13-10-. The lowest BCUT2D eigenvalue weighted by Crippen LogP contribution is -2.13. The number of rotatable bonds is 5. The number of non-ortho nitro benzene ring substituents is 1. The van der Waals surface area contributed by atoms with Crippen LogP contribution in [0.25, 0.3) is 16.3 Å². The Bertz CT molecular complexity index is 1130. The fraction of sp³-hybridized carbons (Fsp3) is 0.0476. The number of hydrogen-bond acceptors (Lipinski definition) is 4. The summed E-state index contributed by atoms with van der Waals surface area (Å²) in [6, 6.07) is 16.9. The van der Waals surface area contributed by atoms with E-state index in [9.17, 15) is 24.8 Å². The summed E-state index contributed by atoms with van der Waals surface area (Å²) in [7, 11) is 0. The van der Waals surface area contributed by atoms with Crippen LogP contribution >= 0.6 is 0 Å². The molecule has 0 aliphatic heterocycles. The molecule has 140 valence electrons. The molecule has 3 aromatic rings. The van der Waals surface area contributed by atoms with Crippen LogP contribution < -0.4 is 5.32 Å². The quantitative estimate of drug-likeness (QED) is 0.387. The van der Waals surface area contributed by atoms with E-state index in [1.54, 1.807) is 6.92 Å². The number of nitro groups is 1. The van der Waals surface area contributed by atoms with Crippen molar-refractivity contribution >= 4 is 39.6 Å². The lowest BCUT2D eigenvalue weighted by atomic mass is 10.0. The molecule has 0 bridgehead atoms. The Hall–Kier alpha value is -4.00. The molecule has 7 heteroatoms. The van der Waals surface area contributed by atoms with E-state index in [0.29, 0.717) is 5.57 Å². The third-order valence-electron chi connectivity index (χ3n) is 4.25. The van der Waals surface area contributed by atoms with Gasteiger partial charge in [-0.05, 0) is 41.0 Å². The second-order valence-electron chi connectivity index (χ2n) is 6.17. The zero-order chi connectivity index (χ0) is 20.3. The van der Waals surface area contributed by atoms with Gasteiger partial charge in [0.05, 0.1) is 16.2 Å². The topological polar surface area (TPSA) is 110 Å². The highest BCUT2D eigenvalue weighted by molar-refractivity contribution is 6.07. The molecule has 0 heterocycles. The van der Waals surface area contributed by atoms with Crippen LogP contribution in [-0.4, -0.2) is 21.9 Å². The molecule has 3 rings (SSSR count). The molecule has 28 heavy (non-hydrogen) atoms. The monoisotopic (exact) mass is 376 g/mol. The van der Waals surface area contributed by atoms with E-state index in [1.165, 1.54) is 12.1 Å². The van der Waals surface area contributed by atoms with Crippen molar-refractivity contribution in [2.75, 3.05) is 5.32 Å². The van der Waals surface area contributed by atoms with Gasteiger partial charge in [0.15, 0.2) is 0 Å². The number of anilines is 1. The second kappa shape index (κ2) is 7.71. The van der Waals surface area contributed by atoms with E-state index in [2.05, 4.69) is 5.32 Å². The van der Waals surface area contributed by atoms with Gasteiger partial charge in [0.2, 0.25) is 5.91 Å². The third-order valence-corrected chi connectivity index (χ3v) is 4.25.